The number of rotatable bonds is 6. The zero-order valence-corrected chi connectivity index (χ0v) is 17.6. The number of piperazine rings is 1. The Morgan fingerprint density at radius 3 is 2.31 bits per heavy atom. The minimum Gasteiger partial charge on any atom is -0.457 e. The highest BCUT2D eigenvalue weighted by Gasteiger charge is 2.46. The minimum atomic E-state index is -5.38. The largest absolute Gasteiger partial charge is 0.501 e. The molecule has 0 bridgehead atoms. The lowest BCUT2D eigenvalue weighted by Gasteiger charge is -2.34. The summed E-state index contributed by atoms with van der Waals surface area (Å²) in [6.07, 6.45) is 1.55. The van der Waals surface area contributed by atoms with Crippen LogP contribution in [0.15, 0.2) is 70.3 Å². The lowest BCUT2D eigenvalue weighted by molar-refractivity contribution is -0.0436. The number of ether oxygens (including phenoxy) is 1. The van der Waals surface area contributed by atoms with E-state index in [1.54, 1.807) is 12.3 Å². The van der Waals surface area contributed by atoms with Crippen molar-refractivity contribution in [3.63, 3.8) is 0 Å². The molecular weight excluding hydrogens is 447 g/mol. The molecule has 0 N–H and O–H groups in total. The van der Waals surface area contributed by atoms with E-state index >= 15 is 0 Å². The summed E-state index contributed by atoms with van der Waals surface area (Å²) in [6, 6.07) is 13.4. The summed E-state index contributed by atoms with van der Waals surface area (Å²) in [4.78, 5) is 3.63. The number of anilines is 1. The molecule has 170 valence electrons. The molecule has 1 fully saturated rings. The molecule has 0 unspecified atom stereocenters. The lowest BCUT2D eigenvalue weighted by Crippen LogP contribution is -2.46. The highest BCUT2D eigenvalue weighted by atomic mass is 32.2. The molecule has 0 aliphatic carbocycles. The van der Waals surface area contributed by atoms with E-state index in [-0.39, 0.29) is 5.75 Å². The maximum Gasteiger partial charge on any atom is 0.501 e. The van der Waals surface area contributed by atoms with Crippen LogP contribution in [0.4, 0.5) is 19.0 Å². The van der Waals surface area contributed by atoms with Gasteiger partial charge < -0.3 is 14.2 Å². The van der Waals surface area contributed by atoms with Gasteiger partial charge in [0.05, 0.1) is 4.90 Å². The third-order valence-corrected chi connectivity index (χ3v) is 6.60. The Morgan fingerprint density at radius 1 is 0.969 bits per heavy atom. The van der Waals surface area contributed by atoms with E-state index in [0.717, 1.165) is 49.7 Å². The van der Waals surface area contributed by atoms with Crippen molar-refractivity contribution in [3.8, 4) is 11.5 Å². The van der Waals surface area contributed by atoms with Gasteiger partial charge >= 0.3 is 5.51 Å². The fourth-order valence-corrected chi connectivity index (χ4v) is 4.19. The first-order valence-electron chi connectivity index (χ1n) is 9.78. The zero-order valence-electron chi connectivity index (χ0n) is 16.8. The quantitative estimate of drug-likeness (QED) is 0.541. The van der Waals surface area contributed by atoms with Gasteiger partial charge in [-0.2, -0.15) is 13.2 Å². The summed E-state index contributed by atoms with van der Waals surface area (Å²) in [6.45, 7) is 4.08. The average molecular weight is 467 g/mol. The molecule has 1 aliphatic rings. The Hall–Kier alpha value is -3.05. The molecule has 32 heavy (non-hydrogen) atoms. The average Bonchev–Trinajstić information content (AvgIpc) is 3.29. The normalized spacial score (nSPS) is 15.7. The fourth-order valence-electron chi connectivity index (χ4n) is 3.43. The predicted molar refractivity (Wildman–Crippen MR) is 110 cm³/mol. The summed E-state index contributed by atoms with van der Waals surface area (Å²) in [7, 11) is -5.38. The molecule has 2 heterocycles. The number of halogens is 3. The molecular formula is C21H20F3N3O4S. The van der Waals surface area contributed by atoms with Gasteiger partial charge in [0, 0.05) is 38.8 Å². The van der Waals surface area contributed by atoms with Crippen LogP contribution in [-0.2, 0) is 16.4 Å². The Bertz CT molecular complexity index is 1140. The van der Waals surface area contributed by atoms with E-state index in [1.807, 2.05) is 24.3 Å². The molecule has 4 rings (SSSR count). The van der Waals surface area contributed by atoms with Crippen LogP contribution in [0.2, 0.25) is 0 Å². The maximum atomic E-state index is 12.7. The first kappa shape index (κ1) is 22.2. The molecule has 0 saturated carbocycles. The van der Waals surface area contributed by atoms with Gasteiger partial charge in [0.25, 0.3) is 9.84 Å². The number of alkyl halides is 3. The third-order valence-electron chi connectivity index (χ3n) is 5.10. The number of benzene rings is 2. The minimum absolute atomic E-state index is 0.240. The molecule has 0 spiro atoms. The van der Waals surface area contributed by atoms with E-state index < -0.39 is 20.2 Å². The molecule has 0 atom stereocenters. The van der Waals surface area contributed by atoms with Crippen LogP contribution in [0, 0.1) is 0 Å². The lowest BCUT2D eigenvalue weighted by atomic mass is 10.2. The first-order chi connectivity index (χ1) is 15.2. The molecule has 3 aromatic rings. The van der Waals surface area contributed by atoms with E-state index in [0.29, 0.717) is 12.3 Å². The van der Waals surface area contributed by atoms with Gasteiger partial charge in [-0.05, 0) is 42.0 Å². The van der Waals surface area contributed by atoms with Crippen molar-refractivity contribution < 1.29 is 30.8 Å². The Kier molecular flexibility index (Phi) is 6.11. The van der Waals surface area contributed by atoms with Gasteiger partial charge in [0.2, 0.25) is 0 Å². The van der Waals surface area contributed by atoms with E-state index in [2.05, 4.69) is 15.0 Å². The molecule has 0 radical (unpaired) electrons. The Morgan fingerprint density at radius 2 is 1.69 bits per heavy atom. The zero-order chi connectivity index (χ0) is 22.8. The van der Waals surface area contributed by atoms with Crippen molar-refractivity contribution in [1.29, 1.82) is 0 Å². The first-order valence-corrected chi connectivity index (χ1v) is 11.3. The van der Waals surface area contributed by atoms with Crippen LogP contribution in [0.5, 0.6) is 11.5 Å². The van der Waals surface area contributed by atoms with Gasteiger partial charge in [-0.15, -0.1) is 0 Å². The monoisotopic (exact) mass is 467 g/mol. The Labute approximate surface area is 182 Å². The topological polar surface area (TPSA) is 75.9 Å². The van der Waals surface area contributed by atoms with Crippen LogP contribution in [0.3, 0.4) is 0 Å². The number of sulfone groups is 1. The van der Waals surface area contributed by atoms with Crippen LogP contribution >= 0.6 is 0 Å². The number of hydrogen-bond acceptors (Lipinski definition) is 7. The second-order valence-corrected chi connectivity index (χ2v) is 9.23. The van der Waals surface area contributed by atoms with Crippen LogP contribution < -0.4 is 9.64 Å². The summed E-state index contributed by atoms with van der Waals surface area (Å²) in [5.41, 5.74) is -4.32. The van der Waals surface area contributed by atoms with Crippen LogP contribution in [-0.4, -0.2) is 50.2 Å². The number of nitrogens with zero attached hydrogens (tertiary/aromatic N) is 3. The molecule has 0 amide bonds. The van der Waals surface area contributed by atoms with Crippen molar-refractivity contribution in [2.45, 2.75) is 16.9 Å². The van der Waals surface area contributed by atoms with Crippen LogP contribution in [0.25, 0.3) is 0 Å². The van der Waals surface area contributed by atoms with Gasteiger partial charge in [-0.3, -0.25) is 4.90 Å². The smallest absolute Gasteiger partial charge is 0.457 e. The molecule has 1 saturated heterocycles. The van der Waals surface area contributed by atoms with Gasteiger partial charge in [0.15, 0.2) is 5.82 Å². The Balaban J connectivity index is 1.36. The SMILES string of the molecule is O=S(=O)(c1ccc(Oc2cccc(CN3CCN(c4ccon4)CC3)c2)cc1)C(F)(F)F. The summed E-state index contributed by atoms with van der Waals surface area (Å²) >= 11 is 0. The fraction of sp³-hybridized carbons (Fsp3) is 0.286. The standard InChI is InChI=1S/C21H20F3N3O4S/c22-21(23,24)32(28,29)19-6-4-17(5-7-19)31-18-3-1-2-16(14-18)15-26-9-11-27(12-10-26)20-8-13-30-25-20/h1-8,13-14H,9-12,15H2. The maximum absolute atomic E-state index is 12.7. The van der Waals surface area contributed by atoms with Crippen molar-refractivity contribution in [2.75, 3.05) is 31.1 Å². The highest BCUT2D eigenvalue weighted by molar-refractivity contribution is 7.92. The summed E-state index contributed by atoms with van der Waals surface area (Å²) < 4.78 is 71.5. The molecule has 1 aromatic heterocycles. The van der Waals surface area contributed by atoms with E-state index in [9.17, 15) is 21.6 Å². The summed E-state index contributed by atoms with van der Waals surface area (Å²) in [5.74, 6) is 1.58. The number of hydrogen-bond donors (Lipinski definition) is 0. The van der Waals surface area contributed by atoms with Crippen LogP contribution in [0.1, 0.15) is 5.56 Å². The van der Waals surface area contributed by atoms with Gasteiger partial charge in [0.1, 0.15) is 17.8 Å². The second kappa shape index (κ2) is 8.83. The van der Waals surface area contributed by atoms with Crippen molar-refractivity contribution in [2.24, 2.45) is 0 Å². The molecule has 2 aromatic carbocycles. The van der Waals surface area contributed by atoms with E-state index in [4.69, 9.17) is 9.26 Å². The molecule has 11 heteroatoms. The van der Waals surface area contributed by atoms with Gasteiger partial charge in [-0.25, -0.2) is 8.42 Å². The van der Waals surface area contributed by atoms with E-state index in [1.165, 1.54) is 12.1 Å². The van der Waals surface area contributed by atoms with Crippen molar-refractivity contribution in [1.82, 2.24) is 10.1 Å². The summed E-state index contributed by atoms with van der Waals surface area (Å²) in [5, 5.41) is 3.96. The molecule has 1 aliphatic heterocycles. The molecule has 7 nitrogen and oxygen atoms in total. The second-order valence-electron chi connectivity index (χ2n) is 7.29. The van der Waals surface area contributed by atoms with Crippen molar-refractivity contribution in [3.05, 3.63) is 66.4 Å². The number of aromatic nitrogens is 1. The van der Waals surface area contributed by atoms with Gasteiger partial charge in [-0.1, -0.05) is 17.3 Å². The highest BCUT2D eigenvalue weighted by Crippen LogP contribution is 2.32. The predicted octanol–water partition coefficient (Wildman–Crippen LogP) is 4.08. The third kappa shape index (κ3) is 4.89. The van der Waals surface area contributed by atoms with Crippen molar-refractivity contribution >= 4 is 15.7 Å².